The van der Waals surface area contributed by atoms with Crippen molar-refractivity contribution in [2.45, 2.75) is 18.9 Å². The Balaban J connectivity index is 1.46. The number of thiocarbonyl (C=S) groups is 1. The quantitative estimate of drug-likeness (QED) is 0.497. The van der Waals surface area contributed by atoms with Gasteiger partial charge in [-0.05, 0) is 48.8 Å². The Morgan fingerprint density at radius 3 is 2.95 bits per heavy atom. The molecule has 0 spiro atoms. The number of hydrogen-bond acceptors (Lipinski definition) is 5. The highest BCUT2D eigenvalue weighted by Gasteiger charge is 2.15. The van der Waals surface area contributed by atoms with Crippen molar-refractivity contribution in [3.05, 3.63) is 23.8 Å². The average Bonchev–Trinajstić information content (AvgIpc) is 3.06. The number of hydrazone groups is 1. The first kappa shape index (κ1) is 15.1. The predicted octanol–water partition coefficient (Wildman–Crippen LogP) is 1.43. The van der Waals surface area contributed by atoms with E-state index in [0.29, 0.717) is 24.9 Å². The third kappa shape index (κ3) is 4.08. The fourth-order valence-corrected chi connectivity index (χ4v) is 2.49. The Labute approximate surface area is 134 Å². The number of nitrogens with zero attached hydrogens (tertiary/aromatic N) is 1. The van der Waals surface area contributed by atoms with Gasteiger partial charge in [-0.15, -0.1) is 0 Å². The zero-order valence-electron chi connectivity index (χ0n) is 12.2. The van der Waals surface area contributed by atoms with E-state index in [4.69, 9.17) is 26.4 Å². The van der Waals surface area contributed by atoms with Crippen LogP contribution in [0.15, 0.2) is 23.3 Å². The average molecular weight is 321 g/mol. The molecule has 3 rings (SSSR count). The van der Waals surface area contributed by atoms with E-state index in [9.17, 15) is 0 Å². The number of hydrogen-bond donors (Lipinski definition) is 2. The Hall–Kier alpha value is -1.86. The molecule has 0 aliphatic carbocycles. The van der Waals surface area contributed by atoms with Crippen LogP contribution in [0.2, 0.25) is 0 Å². The molecule has 0 bridgehead atoms. The minimum Gasteiger partial charge on any atom is -0.486 e. The second-order valence-corrected chi connectivity index (χ2v) is 5.53. The van der Waals surface area contributed by atoms with Crippen molar-refractivity contribution in [2.75, 3.05) is 26.4 Å². The summed E-state index contributed by atoms with van der Waals surface area (Å²) in [6.45, 7) is 2.72. The summed E-state index contributed by atoms with van der Waals surface area (Å²) < 4.78 is 16.5. The minimum atomic E-state index is 0.251. The number of ether oxygens (including phenoxy) is 3. The maximum atomic E-state index is 5.53. The van der Waals surface area contributed by atoms with Gasteiger partial charge in [0, 0.05) is 13.2 Å². The van der Waals surface area contributed by atoms with Gasteiger partial charge in [0.15, 0.2) is 16.6 Å². The van der Waals surface area contributed by atoms with E-state index in [0.717, 1.165) is 36.5 Å². The molecule has 0 radical (unpaired) electrons. The number of fused-ring (bicyclic) bond motifs is 1. The van der Waals surface area contributed by atoms with Gasteiger partial charge >= 0.3 is 0 Å². The summed E-state index contributed by atoms with van der Waals surface area (Å²) in [4.78, 5) is 0. The van der Waals surface area contributed by atoms with Crippen LogP contribution >= 0.6 is 12.2 Å². The number of nitrogens with one attached hydrogen (secondary N) is 2. The van der Waals surface area contributed by atoms with Crippen molar-refractivity contribution in [3.63, 3.8) is 0 Å². The van der Waals surface area contributed by atoms with Gasteiger partial charge in [-0.25, -0.2) is 0 Å². The Kier molecular flexibility index (Phi) is 5.07. The molecular weight excluding hydrogens is 302 g/mol. The maximum absolute atomic E-state index is 5.53. The second kappa shape index (κ2) is 7.42. The second-order valence-electron chi connectivity index (χ2n) is 5.12. The van der Waals surface area contributed by atoms with Crippen LogP contribution in [-0.2, 0) is 4.74 Å². The lowest BCUT2D eigenvalue weighted by Crippen LogP contribution is -2.37. The highest BCUT2D eigenvalue weighted by atomic mass is 32.1. The molecule has 2 N–H and O–H groups in total. The summed E-state index contributed by atoms with van der Waals surface area (Å²) in [5, 5.41) is 7.71. The summed E-state index contributed by atoms with van der Waals surface area (Å²) in [6, 6.07) is 5.69. The lowest BCUT2D eigenvalue weighted by molar-refractivity contribution is 0.114. The molecule has 6 nitrogen and oxygen atoms in total. The SMILES string of the molecule is S=C(NCC1CCCO1)NN=Cc1ccc2c(c1)OCCO2. The van der Waals surface area contributed by atoms with Gasteiger partial charge in [-0.3, -0.25) is 5.43 Å². The van der Waals surface area contributed by atoms with E-state index in [-0.39, 0.29) is 6.10 Å². The fraction of sp³-hybridized carbons (Fsp3) is 0.467. The first-order chi connectivity index (χ1) is 10.8. The van der Waals surface area contributed by atoms with Gasteiger partial charge in [0.1, 0.15) is 13.2 Å². The van der Waals surface area contributed by atoms with E-state index >= 15 is 0 Å². The molecule has 118 valence electrons. The van der Waals surface area contributed by atoms with Crippen LogP contribution in [-0.4, -0.2) is 43.8 Å². The van der Waals surface area contributed by atoms with Crippen LogP contribution in [0.3, 0.4) is 0 Å². The predicted molar refractivity (Wildman–Crippen MR) is 87.7 cm³/mol. The van der Waals surface area contributed by atoms with E-state index in [2.05, 4.69) is 15.8 Å². The Morgan fingerprint density at radius 2 is 2.14 bits per heavy atom. The van der Waals surface area contributed by atoms with Crippen LogP contribution < -0.4 is 20.2 Å². The molecule has 2 heterocycles. The molecule has 1 fully saturated rings. The third-order valence-electron chi connectivity index (χ3n) is 3.46. The normalized spacial score (nSPS) is 20.1. The molecule has 1 aromatic rings. The molecular formula is C15H19N3O3S. The molecule has 1 atom stereocenters. The summed E-state index contributed by atoms with van der Waals surface area (Å²) in [5.41, 5.74) is 3.71. The first-order valence-corrected chi connectivity index (χ1v) is 7.80. The lowest BCUT2D eigenvalue weighted by atomic mass is 10.2. The number of benzene rings is 1. The monoisotopic (exact) mass is 321 g/mol. The largest absolute Gasteiger partial charge is 0.486 e. The van der Waals surface area contributed by atoms with Crippen molar-refractivity contribution in [3.8, 4) is 11.5 Å². The zero-order valence-corrected chi connectivity index (χ0v) is 13.0. The highest BCUT2D eigenvalue weighted by Crippen LogP contribution is 2.30. The van der Waals surface area contributed by atoms with Crippen molar-refractivity contribution in [2.24, 2.45) is 5.10 Å². The van der Waals surface area contributed by atoms with Gasteiger partial charge in [0.05, 0.1) is 12.3 Å². The zero-order chi connectivity index (χ0) is 15.2. The summed E-state index contributed by atoms with van der Waals surface area (Å²) in [6.07, 6.45) is 4.14. The summed E-state index contributed by atoms with van der Waals surface area (Å²) in [5.74, 6) is 1.51. The fourth-order valence-electron chi connectivity index (χ4n) is 2.36. The topological polar surface area (TPSA) is 64.1 Å². The van der Waals surface area contributed by atoms with Crippen molar-refractivity contribution in [1.29, 1.82) is 0 Å². The van der Waals surface area contributed by atoms with Crippen LogP contribution in [0.1, 0.15) is 18.4 Å². The minimum absolute atomic E-state index is 0.251. The smallest absolute Gasteiger partial charge is 0.187 e. The van der Waals surface area contributed by atoms with E-state index < -0.39 is 0 Å². The van der Waals surface area contributed by atoms with Crippen molar-refractivity contribution in [1.82, 2.24) is 10.7 Å². The summed E-state index contributed by atoms with van der Waals surface area (Å²) >= 11 is 5.17. The van der Waals surface area contributed by atoms with Gasteiger partial charge in [0.2, 0.25) is 0 Å². The van der Waals surface area contributed by atoms with Gasteiger partial charge in [-0.2, -0.15) is 5.10 Å². The Bertz CT molecular complexity index is 559. The van der Waals surface area contributed by atoms with Crippen LogP contribution in [0, 0.1) is 0 Å². The van der Waals surface area contributed by atoms with Crippen LogP contribution in [0.5, 0.6) is 11.5 Å². The van der Waals surface area contributed by atoms with Gasteiger partial charge < -0.3 is 19.5 Å². The third-order valence-corrected chi connectivity index (χ3v) is 3.70. The molecule has 1 saturated heterocycles. The lowest BCUT2D eigenvalue weighted by Gasteiger charge is -2.18. The van der Waals surface area contributed by atoms with Crippen molar-refractivity contribution >= 4 is 23.5 Å². The standard InChI is InChI=1S/C15H19N3O3S/c22-15(16-10-12-2-1-5-19-12)18-17-9-11-3-4-13-14(8-11)21-7-6-20-13/h3-4,8-9,12H,1-2,5-7,10H2,(H2,16,18,22). The molecule has 7 heteroatoms. The molecule has 2 aliphatic heterocycles. The molecule has 0 aromatic heterocycles. The van der Waals surface area contributed by atoms with Gasteiger partial charge in [-0.1, -0.05) is 0 Å². The number of rotatable bonds is 4. The van der Waals surface area contributed by atoms with E-state index in [1.807, 2.05) is 18.2 Å². The molecule has 2 aliphatic rings. The van der Waals surface area contributed by atoms with E-state index in [1.54, 1.807) is 6.21 Å². The maximum Gasteiger partial charge on any atom is 0.187 e. The molecule has 0 saturated carbocycles. The molecule has 1 unspecified atom stereocenters. The molecule has 1 aromatic carbocycles. The van der Waals surface area contributed by atoms with Crippen LogP contribution in [0.25, 0.3) is 0 Å². The summed E-state index contributed by atoms with van der Waals surface area (Å²) in [7, 11) is 0. The van der Waals surface area contributed by atoms with E-state index in [1.165, 1.54) is 0 Å². The molecule has 0 amide bonds. The Morgan fingerprint density at radius 1 is 1.27 bits per heavy atom. The molecule has 22 heavy (non-hydrogen) atoms. The van der Waals surface area contributed by atoms with Crippen LogP contribution in [0.4, 0.5) is 0 Å². The van der Waals surface area contributed by atoms with Crippen molar-refractivity contribution < 1.29 is 14.2 Å². The van der Waals surface area contributed by atoms with Gasteiger partial charge in [0.25, 0.3) is 0 Å². The highest BCUT2D eigenvalue weighted by molar-refractivity contribution is 7.80. The first-order valence-electron chi connectivity index (χ1n) is 7.39.